The topological polar surface area (TPSA) is 90.5 Å². The summed E-state index contributed by atoms with van der Waals surface area (Å²) in [5, 5.41) is 0.683. The molecule has 0 fully saturated rings. The van der Waals surface area contributed by atoms with Crippen molar-refractivity contribution in [3.8, 4) is 5.88 Å². The van der Waals surface area contributed by atoms with Crippen LogP contribution in [0.2, 0.25) is 0 Å². The summed E-state index contributed by atoms with van der Waals surface area (Å²) in [6, 6.07) is 1.67. The Kier molecular flexibility index (Phi) is 4.98. The summed E-state index contributed by atoms with van der Waals surface area (Å²) in [5.41, 5.74) is 1.38. The lowest BCUT2D eigenvalue weighted by Crippen LogP contribution is -2.12. The van der Waals surface area contributed by atoms with Crippen molar-refractivity contribution in [2.75, 3.05) is 20.3 Å². The molecule has 0 atom stereocenters. The molecule has 7 heteroatoms. The van der Waals surface area contributed by atoms with Gasteiger partial charge in [-0.2, -0.15) is 0 Å². The Morgan fingerprint density at radius 2 is 1.95 bits per heavy atom. The Hall–Kier alpha value is -2.57. The van der Waals surface area contributed by atoms with E-state index in [4.69, 9.17) is 14.2 Å². The summed E-state index contributed by atoms with van der Waals surface area (Å²) in [7, 11) is 1.50. The van der Waals surface area contributed by atoms with Crippen molar-refractivity contribution < 1.29 is 23.8 Å². The first-order chi connectivity index (χ1) is 10.6. The quantitative estimate of drug-likeness (QED) is 0.819. The number of carbonyl (C=O) groups excluding carboxylic acids is 2. The molecule has 0 spiro atoms. The van der Waals surface area contributed by atoms with Gasteiger partial charge in [-0.1, -0.05) is 0 Å². The lowest BCUT2D eigenvalue weighted by molar-refractivity contribution is -0.142. The molecular weight excluding hydrogens is 288 g/mol. The van der Waals surface area contributed by atoms with Crippen molar-refractivity contribution >= 4 is 22.8 Å². The van der Waals surface area contributed by atoms with Crippen LogP contribution in [0, 0.1) is 0 Å². The van der Waals surface area contributed by atoms with E-state index in [1.807, 2.05) is 0 Å². The van der Waals surface area contributed by atoms with E-state index in [-0.39, 0.29) is 25.3 Å². The van der Waals surface area contributed by atoms with Crippen LogP contribution in [-0.4, -0.2) is 42.2 Å². The second kappa shape index (κ2) is 6.93. The van der Waals surface area contributed by atoms with Crippen molar-refractivity contribution in [2.24, 2.45) is 0 Å². The van der Waals surface area contributed by atoms with Crippen molar-refractivity contribution in [1.29, 1.82) is 0 Å². The normalized spacial score (nSPS) is 10.5. The van der Waals surface area contributed by atoms with E-state index < -0.39 is 11.9 Å². The highest BCUT2D eigenvalue weighted by molar-refractivity contribution is 6.00. The number of nitrogens with zero attached hydrogens (tertiary/aromatic N) is 1. The zero-order chi connectivity index (χ0) is 16.1. The Balaban J connectivity index is 2.51. The fourth-order valence-electron chi connectivity index (χ4n) is 2.16. The van der Waals surface area contributed by atoms with Gasteiger partial charge in [-0.15, -0.1) is 0 Å². The lowest BCUT2D eigenvalue weighted by Gasteiger charge is -2.05. The number of aromatic amines is 1. The van der Waals surface area contributed by atoms with Gasteiger partial charge < -0.3 is 19.2 Å². The average Bonchev–Trinajstić information content (AvgIpc) is 2.85. The zero-order valence-corrected chi connectivity index (χ0v) is 12.8. The number of aromatic nitrogens is 2. The van der Waals surface area contributed by atoms with Gasteiger partial charge >= 0.3 is 11.9 Å². The minimum Gasteiger partial charge on any atom is -0.481 e. The lowest BCUT2D eigenvalue weighted by atomic mass is 10.1. The number of methoxy groups -OCH3 is 1. The summed E-state index contributed by atoms with van der Waals surface area (Å²) in [6.45, 7) is 3.97. The van der Waals surface area contributed by atoms with Crippen LogP contribution in [0.15, 0.2) is 12.3 Å². The Morgan fingerprint density at radius 3 is 2.59 bits per heavy atom. The van der Waals surface area contributed by atoms with Crippen LogP contribution in [0.5, 0.6) is 5.88 Å². The van der Waals surface area contributed by atoms with E-state index in [1.54, 1.807) is 26.1 Å². The average molecular weight is 306 g/mol. The summed E-state index contributed by atoms with van der Waals surface area (Å²) >= 11 is 0. The fourth-order valence-corrected chi connectivity index (χ4v) is 2.16. The van der Waals surface area contributed by atoms with Gasteiger partial charge in [-0.05, 0) is 13.8 Å². The predicted octanol–water partition coefficient (Wildman–Crippen LogP) is 1.85. The molecule has 2 heterocycles. The first-order valence-corrected chi connectivity index (χ1v) is 6.98. The fraction of sp³-hybridized carbons (Fsp3) is 0.400. The molecule has 0 saturated heterocycles. The number of rotatable bonds is 6. The predicted molar refractivity (Wildman–Crippen MR) is 78.9 cm³/mol. The summed E-state index contributed by atoms with van der Waals surface area (Å²) < 4.78 is 15.1. The highest BCUT2D eigenvalue weighted by atomic mass is 16.5. The highest BCUT2D eigenvalue weighted by Gasteiger charge is 2.22. The molecule has 0 radical (unpaired) electrons. The number of pyridine rings is 1. The largest absolute Gasteiger partial charge is 0.481 e. The number of nitrogens with one attached hydrogen (secondary N) is 1. The Bertz CT molecular complexity index is 693. The number of carbonyl (C=O) groups is 2. The molecule has 0 unspecified atom stereocenters. The van der Waals surface area contributed by atoms with Crippen LogP contribution in [-0.2, 0) is 20.7 Å². The Morgan fingerprint density at radius 1 is 1.23 bits per heavy atom. The van der Waals surface area contributed by atoms with Crippen LogP contribution in [0.3, 0.4) is 0 Å². The van der Waals surface area contributed by atoms with Gasteiger partial charge in [0.1, 0.15) is 5.69 Å². The van der Waals surface area contributed by atoms with Gasteiger partial charge in [0.15, 0.2) is 0 Å². The van der Waals surface area contributed by atoms with Gasteiger partial charge in [-0.25, -0.2) is 9.78 Å². The maximum atomic E-state index is 12.1. The molecule has 7 nitrogen and oxygen atoms in total. The number of ether oxygens (including phenoxy) is 3. The molecule has 22 heavy (non-hydrogen) atoms. The van der Waals surface area contributed by atoms with E-state index in [0.29, 0.717) is 22.3 Å². The van der Waals surface area contributed by atoms with Crippen LogP contribution in [0.25, 0.3) is 10.9 Å². The van der Waals surface area contributed by atoms with Gasteiger partial charge in [-0.3, -0.25) is 4.79 Å². The van der Waals surface area contributed by atoms with Gasteiger partial charge in [0.05, 0.1) is 38.5 Å². The summed E-state index contributed by atoms with van der Waals surface area (Å²) in [4.78, 5) is 30.9. The van der Waals surface area contributed by atoms with Crippen molar-refractivity contribution in [2.45, 2.75) is 20.3 Å². The number of H-pyrrole nitrogens is 1. The summed E-state index contributed by atoms with van der Waals surface area (Å²) in [6.07, 6.45) is 1.51. The number of esters is 2. The molecule has 0 amide bonds. The number of hydrogen-bond acceptors (Lipinski definition) is 6. The molecule has 2 aromatic heterocycles. The minimum absolute atomic E-state index is 0.0326. The first-order valence-electron chi connectivity index (χ1n) is 6.98. The van der Waals surface area contributed by atoms with Crippen molar-refractivity contribution in [3.63, 3.8) is 0 Å². The number of fused-ring (bicyclic) bond motifs is 1. The molecule has 1 N–H and O–H groups in total. The molecule has 0 aliphatic rings. The first kappa shape index (κ1) is 15.8. The van der Waals surface area contributed by atoms with Crippen LogP contribution >= 0.6 is 0 Å². The molecule has 2 rings (SSSR count). The standard InChI is InChI=1S/C15H18N2O5/c1-4-21-13(18)7-10-9-6-12(20-3)16-8-11(9)17-14(10)15(19)22-5-2/h6,8,17H,4-5,7H2,1-3H3. The third kappa shape index (κ3) is 3.19. The van der Waals surface area contributed by atoms with E-state index in [2.05, 4.69) is 9.97 Å². The molecule has 0 aromatic carbocycles. The van der Waals surface area contributed by atoms with Crippen LogP contribution < -0.4 is 4.74 Å². The molecular formula is C15H18N2O5. The SMILES string of the molecule is CCOC(=O)Cc1c(C(=O)OCC)[nH]c2cnc(OC)cc12. The highest BCUT2D eigenvalue weighted by Crippen LogP contribution is 2.26. The second-order valence-corrected chi connectivity index (χ2v) is 4.45. The zero-order valence-electron chi connectivity index (χ0n) is 12.8. The van der Waals surface area contributed by atoms with E-state index in [9.17, 15) is 9.59 Å². The van der Waals surface area contributed by atoms with Gasteiger partial charge in [0.2, 0.25) is 5.88 Å². The van der Waals surface area contributed by atoms with Gasteiger partial charge in [0.25, 0.3) is 0 Å². The molecule has 0 saturated carbocycles. The van der Waals surface area contributed by atoms with E-state index in [1.165, 1.54) is 7.11 Å². The number of hydrogen-bond donors (Lipinski definition) is 1. The van der Waals surface area contributed by atoms with Crippen molar-refractivity contribution in [3.05, 3.63) is 23.5 Å². The van der Waals surface area contributed by atoms with Crippen molar-refractivity contribution in [1.82, 2.24) is 9.97 Å². The maximum absolute atomic E-state index is 12.1. The molecule has 0 aliphatic carbocycles. The molecule has 118 valence electrons. The third-order valence-electron chi connectivity index (χ3n) is 3.08. The monoisotopic (exact) mass is 306 g/mol. The maximum Gasteiger partial charge on any atom is 0.355 e. The molecule has 0 aliphatic heterocycles. The van der Waals surface area contributed by atoms with Crippen LogP contribution in [0.1, 0.15) is 29.9 Å². The molecule has 2 aromatic rings. The second-order valence-electron chi connectivity index (χ2n) is 4.45. The van der Waals surface area contributed by atoms with E-state index >= 15 is 0 Å². The van der Waals surface area contributed by atoms with Gasteiger partial charge in [0, 0.05) is 17.0 Å². The Labute approximate surface area is 127 Å². The summed E-state index contributed by atoms with van der Waals surface area (Å²) in [5.74, 6) is -0.534. The minimum atomic E-state index is -0.517. The molecule has 0 bridgehead atoms. The van der Waals surface area contributed by atoms with Crippen LogP contribution in [0.4, 0.5) is 0 Å². The third-order valence-corrected chi connectivity index (χ3v) is 3.08. The van der Waals surface area contributed by atoms with E-state index in [0.717, 1.165) is 0 Å². The smallest absolute Gasteiger partial charge is 0.355 e.